The maximum absolute atomic E-state index is 6.13. The molecule has 1 aromatic rings. The Morgan fingerprint density at radius 1 is 1.44 bits per heavy atom. The van der Waals surface area contributed by atoms with Crippen molar-refractivity contribution in [3.8, 4) is 0 Å². The molecular weight excluding hydrogens is 243 g/mol. The summed E-state index contributed by atoms with van der Waals surface area (Å²) in [4.78, 5) is 0. The van der Waals surface area contributed by atoms with Gasteiger partial charge in [0.25, 0.3) is 0 Å². The minimum absolute atomic E-state index is 0.0148. The van der Waals surface area contributed by atoms with Crippen molar-refractivity contribution in [2.45, 2.75) is 26.8 Å². The van der Waals surface area contributed by atoms with Gasteiger partial charge in [0.1, 0.15) is 0 Å². The van der Waals surface area contributed by atoms with Crippen molar-refractivity contribution >= 4 is 23.2 Å². The molecule has 1 atom stereocenters. The Balaban J connectivity index is 3.00. The second-order valence-electron chi connectivity index (χ2n) is 3.68. The molecule has 0 aliphatic rings. The van der Waals surface area contributed by atoms with Crippen molar-refractivity contribution in [1.82, 2.24) is 5.01 Å². The minimum Gasteiger partial charge on any atom is -0.309 e. The molecule has 4 heteroatoms. The first kappa shape index (κ1) is 13.4. The van der Waals surface area contributed by atoms with E-state index in [1.165, 1.54) is 0 Å². The second-order valence-corrected chi connectivity index (χ2v) is 4.52. The van der Waals surface area contributed by atoms with Gasteiger partial charge in [-0.25, -0.2) is 5.84 Å². The van der Waals surface area contributed by atoms with Crippen molar-refractivity contribution in [3.05, 3.63) is 45.6 Å². The molecule has 16 heavy (non-hydrogen) atoms. The average Bonchev–Trinajstić information content (AvgIpc) is 2.26. The topological polar surface area (TPSA) is 29.3 Å². The van der Waals surface area contributed by atoms with E-state index in [0.29, 0.717) is 10.0 Å². The monoisotopic (exact) mass is 258 g/mol. The second kappa shape index (κ2) is 5.58. The van der Waals surface area contributed by atoms with Crippen molar-refractivity contribution in [2.75, 3.05) is 0 Å². The van der Waals surface area contributed by atoms with Crippen LogP contribution in [-0.2, 0) is 0 Å². The molecule has 1 rings (SSSR count). The van der Waals surface area contributed by atoms with Gasteiger partial charge in [-0.15, -0.1) is 0 Å². The van der Waals surface area contributed by atoms with Crippen LogP contribution in [0.1, 0.15) is 32.4 Å². The average molecular weight is 259 g/mol. The van der Waals surface area contributed by atoms with E-state index in [1.807, 2.05) is 39.0 Å². The van der Waals surface area contributed by atoms with E-state index in [0.717, 1.165) is 11.3 Å². The number of allylic oxidation sites excluding steroid dienone is 2. The van der Waals surface area contributed by atoms with E-state index < -0.39 is 0 Å². The number of hydrogen-bond donors (Lipinski definition) is 1. The van der Waals surface area contributed by atoms with E-state index in [4.69, 9.17) is 29.0 Å². The highest BCUT2D eigenvalue weighted by Gasteiger charge is 2.15. The lowest BCUT2D eigenvalue weighted by Crippen LogP contribution is -2.32. The highest BCUT2D eigenvalue weighted by Crippen LogP contribution is 2.29. The molecule has 0 radical (unpaired) electrons. The SMILES string of the molecule is C/C=C(\C)N(N)C(C)c1ccc(Cl)cc1Cl. The molecule has 0 saturated carbocycles. The summed E-state index contributed by atoms with van der Waals surface area (Å²) in [5.74, 6) is 5.98. The first-order chi connectivity index (χ1) is 7.47. The summed E-state index contributed by atoms with van der Waals surface area (Å²) in [7, 11) is 0. The van der Waals surface area contributed by atoms with Gasteiger partial charge in [-0.2, -0.15) is 0 Å². The van der Waals surface area contributed by atoms with E-state index in [2.05, 4.69) is 0 Å². The first-order valence-corrected chi connectivity index (χ1v) is 5.84. The molecule has 0 aliphatic carbocycles. The number of benzene rings is 1. The van der Waals surface area contributed by atoms with Gasteiger partial charge in [0, 0.05) is 15.7 Å². The zero-order chi connectivity index (χ0) is 12.3. The highest BCUT2D eigenvalue weighted by molar-refractivity contribution is 6.35. The number of hydrazine groups is 1. The summed E-state index contributed by atoms with van der Waals surface area (Å²) in [5.41, 5.74) is 1.97. The van der Waals surface area contributed by atoms with Crippen LogP contribution in [0.15, 0.2) is 30.0 Å². The molecule has 0 fully saturated rings. The Morgan fingerprint density at radius 2 is 2.06 bits per heavy atom. The fourth-order valence-corrected chi connectivity index (χ4v) is 2.01. The van der Waals surface area contributed by atoms with Gasteiger partial charge in [0.15, 0.2) is 0 Å². The smallest absolute Gasteiger partial charge is 0.0684 e. The van der Waals surface area contributed by atoms with Crippen LogP contribution in [0.2, 0.25) is 10.0 Å². The lowest BCUT2D eigenvalue weighted by Gasteiger charge is -2.27. The lowest BCUT2D eigenvalue weighted by atomic mass is 10.1. The van der Waals surface area contributed by atoms with Gasteiger partial charge in [-0.3, -0.25) is 0 Å². The van der Waals surface area contributed by atoms with Crippen LogP contribution in [0, 0.1) is 0 Å². The third kappa shape index (κ3) is 2.91. The highest BCUT2D eigenvalue weighted by atomic mass is 35.5. The van der Waals surface area contributed by atoms with Gasteiger partial charge in [0.2, 0.25) is 0 Å². The van der Waals surface area contributed by atoms with E-state index in [1.54, 1.807) is 11.1 Å². The van der Waals surface area contributed by atoms with Crippen LogP contribution in [0.3, 0.4) is 0 Å². The lowest BCUT2D eigenvalue weighted by molar-refractivity contribution is 0.281. The van der Waals surface area contributed by atoms with Crippen molar-refractivity contribution in [3.63, 3.8) is 0 Å². The molecule has 0 bridgehead atoms. The summed E-state index contributed by atoms with van der Waals surface area (Å²) < 4.78 is 0. The van der Waals surface area contributed by atoms with Gasteiger partial charge in [-0.1, -0.05) is 35.3 Å². The Kier molecular flexibility index (Phi) is 4.66. The van der Waals surface area contributed by atoms with Gasteiger partial charge >= 0.3 is 0 Å². The van der Waals surface area contributed by atoms with Crippen LogP contribution in [0.5, 0.6) is 0 Å². The first-order valence-electron chi connectivity index (χ1n) is 5.09. The molecule has 0 amide bonds. The molecule has 88 valence electrons. The third-order valence-corrected chi connectivity index (χ3v) is 3.22. The molecule has 2 N–H and O–H groups in total. The summed E-state index contributed by atoms with van der Waals surface area (Å²) in [5, 5.41) is 2.96. The normalized spacial score (nSPS) is 13.8. The van der Waals surface area contributed by atoms with Crippen LogP contribution < -0.4 is 5.84 Å². The van der Waals surface area contributed by atoms with Crippen molar-refractivity contribution in [2.24, 2.45) is 5.84 Å². The third-order valence-electron chi connectivity index (χ3n) is 2.65. The maximum atomic E-state index is 6.13. The summed E-state index contributed by atoms with van der Waals surface area (Å²) in [6.07, 6.45) is 1.96. The largest absolute Gasteiger partial charge is 0.309 e. The standard InChI is InChI=1S/C12H16Cl2N2/c1-4-8(2)16(15)9(3)11-6-5-10(13)7-12(11)14/h4-7,9H,15H2,1-3H3/b8-4+. The van der Waals surface area contributed by atoms with E-state index in [9.17, 15) is 0 Å². The molecule has 0 spiro atoms. The van der Waals surface area contributed by atoms with Gasteiger partial charge in [0.05, 0.1) is 6.04 Å². The molecule has 0 saturated heterocycles. The zero-order valence-corrected chi connectivity index (χ0v) is 11.2. The maximum Gasteiger partial charge on any atom is 0.0684 e. The Bertz CT molecular complexity index is 402. The van der Waals surface area contributed by atoms with Crippen LogP contribution in [0.25, 0.3) is 0 Å². The predicted octanol–water partition coefficient (Wildman–Crippen LogP) is 4.15. The minimum atomic E-state index is 0.0148. The van der Waals surface area contributed by atoms with Gasteiger partial charge < -0.3 is 5.01 Å². The van der Waals surface area contributed by atoms with E-state index >= 15 is 0 Å². The Labute approximate surface area is 107 Å². The summed E-state index contributed by atoms with van der Waals surface area (Å²) in [6.45, 7) is 5.91. The predicted molar refractivity (Wildman–Crippen MR) is 70.3 cm³/mol. The molecule has 0 heterocycles. The summed E-state index contributed by atoms with van der Waals surface area (Å²) in [6, 6.07) is 5.46. The molecular formula is C12H16Cl2N2. The van der Waals surface area contributed by atoms with Crippen molar-refractivity contribution < 1.29 is 0 Å². The number of hydrogen-bond acceptors (Lipinski definition) is 2. The van der Waals surface area contributed by atoms with Gasteiger partial charge in [-0.05, 0) is 38.5 Å². The molecule has 1 unspecified atom stereocenters. The van der Waals surface area contributed by atoms with Crippen LogP contribution in [0.4, 0.5) is 0 Å². The fraction of sp³-hybridized carbons (Fsp3) is 0.333. The molecule has 1 aromatic carbocycles. The Hall–Kier alpha value is -0.700. The molecule has 2 nitrogen and oxygen atoms in total. The number of halogens is 2. The summed E-state index contributed by atoms with van der Waals surface area (Å²) >= 11 is 12.0. The fourth-order valence-electron chi connectivity index (χ4n) is 1.44. The molecule has 0 aromatic heterocycles. The van der Waals surface area contributed by atoms with Crippen LogP contribution >= 0.6 is 23.2 Å². The van der Waals surface area contributed by atoms with E-state index in [-0.39, 0.29) is 6.04 Å². The zero-order valence-electron chi connectivity index (χ0n) is 9.67. The molecule has 0 aliphatic heterocycles. The number of nitrogens with zero attached hydrogens (tertiary/aromatic N) is 1. The Morgan fingerprint density at radius 3 is 2.56 bits per heavy atom. The van der Waals surface area contributed by atoms with Crippen molar-refractivity contribution in [1.29, 1.82) is 0 Å². The number of rotatable bonds is 3. The van der Waals surface area contributed by atoms with Crippen LogP contribution in [-0.4, -0.2) is 5.01 Å². The quantitative estimate of drug-likeness (QED) is 0.652. The number of nitrogens with two attached hydrogens (primary N) is 1.